The molecule has 0 unspecified atom stereocenters. The number of halogens is 1. The molecule has 10 heteroatoms. The van der Waals surface area contributed by atoms with Gasteiger partial charge >= 0.3 is 0 Å². The first-order valence-corrected chi connectivity index (χ1v) is 11.2. The minimum Gasteiger partial charge on any atom is -0.437 e. The van der Waals surface area contributed by atoms with E-state index < -0.39 is 0 Å². The second-order valence-electron chi connectivity index (χ2n) is 6.88. The topological polar surface area (TPSA) is 73.1 Å². The number of para-hydroxylation sites is 1. The highest BCUT2D eigenvalue weighted by Crippen LogP contribution is 2.35. The maximum absolute atomic E-state index is 13.4. The van der Waals surface area contributed by atoms with Crippen LogP contribution in [0.25, 0.3) is 11.7 Å². The van der Waals surface area contributed by atoms with E-state index in [0.29, 0.717) is 38.8 Å². The van der Waals surface area contributed by atoms with Crippen molar-refractivity contribution in [1.82, 2.24) is 14.3 Å². The number of aromatic nitrogens is 2. The predicted octanol–water partition coefficient (Wildman–Crippen LogP) is 4.30. The highest BCUT2D eigenvalue weighted by atomic mass is 35.5. The van der Waals surface area contributed by atoms with Crippen molar-refractivity contribution in [2.45, 2.75) is 6.92 Å². The average molecular weight is 488 g/mol. The van der Waals surface area contributed by atoms with Crippen LogP contribution in [0.2, 0.25) is 5.02 Å². The number of carbonyl (C=O) groups is 1. The van der Waals surface area contributed by atoms with Gasteiger partial charge in [0.05, 0.1) is 23.1 Å². The third kappa shape index (κ3) is 4.29. The van der Waals surface area contributed by atoms with E-state index in [4.69, 9.17) is 33.3 Å². The summed E-state index contributed by atoms with van der Waals surface area (Å²) in [4.78, 5) is 32.6. The van der Waals surface area contributed by atoms with Crippen LogP contribution in [0.1, 0.15) is 11.1 Å². The molecule has 1 saturated heterocycles. The summed E-state index contributed by atoms with van der Waals surface area (Å²) < 4.78 is 12.8. The Hall–Kier alpha value is -2.72. The van der Waals surface area contributed by atoms with Crippen LogP contribution in [0.5, 0.6) is 11.6 Å². The van der Waals surface area contributed by atoms with Crippen molar-refractivity contribution in [1.29, 1.82) is 0 Å². The van der Waals surface area contributed by atoms with E-state index in [9.17, 15) is 9.59 Å². The van der Waals surface area contributed by atoms with E-state index in [-0.39, 0.29) is 22.9 Å². The third-order valence-corrected chi connectivity index (χ3v) is 6.45. The lowest BCUT2D eigenvalue weighted by molar-refractivity contribution is -0.122. The molecule has 164 valence electrons. The van der Waals surface area contributed by atoms with E-state index in [1.807, 2.05) is 13.0 Å². The second-order valence-corrected chi connectivity index (χ2v) is 8.96. The van der Waals surface area contributed by atoms with Gasteiger partial charge in [-0.15, -0.1) is 0 Å². The molecule has 3 aromatic rings. The zero-order chi connectivity index (χ0) is 22.8. The zero-order valence-electron chi connectivity index (χ0n) is 17.2. The zero-order valence-corrected chi connectivity index (χ0v) is 19.6. The quantitative estimate of drug-likeness (QED) is 0.379. The van der Waals surface area contributed by atoms with Crippen molar-refractivity contribution in [3.05, 3.63) is 74.0 Å². The van der Waals surface area contributed by atoms with Gasteiger partial charge in [0.2, 0.25) is 5.88 Å². The number of fused-ring (bicyclic) bond motifs is 1. The molecule has 2 aromatic heterocycles. The van der Waals surface area contributed by atoms with E-state index in [1.165, 1.54) is 15.4 Å². The Morgan fingerprint density at radius 2 is 2.00 bits per heavy atom. The highest BCUT2D eigenvalue weighted by Gasteiger charge is 2.32. The molecule has 1 amide bonds. The molecular formula is C22H18ClN3O4S2. The summed E-state index contributed by atoms with van der Waals surface area (Å²) in [6.45, 7) is 2.53. The number of aryl methyl sites for hydroxylation is 1. The predicted molar refractivity (Wildman–Crippen MR) is 129 cm³/mol. The van der Waals surface area contributed by atoms with Crippen LogP contribution in [-0.2, 0) is 9.53 Å². The van der Waals surface area contributed by atoms with Crippen LogP contribution in [0.4, 0.5) is 0 Å². The summed E-state index contributed by atoms with van der Waals surface area (Å²) in [5.41, 5.74) is 0.999. The van der Waals surface area contributed by atoms with E-state index in [2.05, 4.69) is 4.98 Å². The molecule has 1 aliphatic rings. The fourth-order valence-corrected chi connectivity index (χ4v) is 4.60. The number of rotatable bonds is 6. The maximum Gasteiger partial charge on any atom is 0.269 e. The van der Waals surface area contributed by atoms with Crippen LogP contribution < -0.4 is 10.3 Å². The van der Waals surface area contributed by atoms with Gasteiger partial charge in [0, 0.05) is 13.3 Å². The molecule has 0 saturated carbocycles. The summed E-state index contributed by atoms with van der Waals surface area (Å²) in [5.74, 6) is 0.107. The van der Waals surface area contributed by atoms with Crippen molar-refractivity contribution in [2.75, 3.05) is 20.3 Å². The molecule has 0 bridgehead atoms. The van der Waals surface area contributed by atoms with Crippen LogP contribution in [0.15, 0.2) is 52.3 Å². The number of benzene rings is 1. The van der Waals surface area contributed by atoms with Crippen LogP contribution in [0.3, 0.4) is 0 Å². The number of thioether (sulfide) groups is 1. The summed E-state index contributed by atoms with van der Waals surface area (Å²) in [5, 5.41) is 0.371. The van der Waals surface area contributed by atoms with Gasteiger partial charge in [-0.1, -0.05) is 53.8 Å². The first-order valence-electron chi connectivity index (χ1n) is 9.59. The normalized spacial score (nSPS) is 15.2. The molecular weight excluding hydrogens is 470 g/mol. The molecule has 32 heavy (non-hydrogen) atoms. The number of hydrogen-bond donors (Lipinski definition) is 0. The standard InChI is InChI=1S/C22H18ClN3O4S2/c1-13-6-5-9-25-18(13)24-19(30-16-8-4-3-7-15(16)23)14(20(25)27)12-17-21(28)26(10-11-29-2)22(31)32-17/h3-9,12H,10-11H2,1-2H3/b17-12+. The van der Waals surface area contributed by atoms with E-state index >= 15 is 0 Å². The first-order chi connectivity index (χ1) is 15.4. The van der Waals surface area contributed by atoms with Gasteiger partial charge in [-0.2, -0.15) is 4.98 Å². The van der Waals surface area contributed by atoms with Gasteiger partial charge in [0.15, 0.2) is 0 Å². The Bertz CT molecular complexity index is 1320. The van der Waals surface area contributed by atoms with Crippen molar-refractivity contribution in [3.8, 4) is 11.6 Å². The number of thiocarbonyl (C=S) groups is 1. The van der Waals surface area contributed by atoms with Gasteiger partial charge in [0.1, 0.15) is 21.3 Å². The Labute approximate surface area is 198 Å². The number of pyridine rings is 1. The molecule has 0 atom stereocenters. The number of amides is 1. The molecule has 0 spiro atoms. The Kier molecular flexibility index (Phi) is 6.61. The number of methoxy groups -OCH3 is 1. The van der Waals surface area contributed by atoms with Crippen molar-refractivity contribution in [3.63, 3.8) is 0 Å². The molecule has 3 heterocycles. The van der Waals surface area contributed by atoms with Gasteiger partial charge in [0.25, 0.3) is 11.5 Å². The lowest BCUT2D eigenvalue weighted by atomic mass is 10.2. The summed E-state index contributed by atoms with van der Waals surface area (Å²) in [7, 11) is 1.55. The minimum atomic E-state index is -0.372. The second kappa shape index (κ2) is 9.41. The van der Waals surface area contributed by atoms with Crippen molar-refractivity contribution >= 4 is 57.5 Å². The monoisotopic (exact) mass is 487 g/mol. The van der Waals surface area contributed by atoms with Crippen molar-refractivity contribution < 1.29 is 14.3 Å². The molecule has 1 aliphatic heterocycles. The SMILES string of the molecule is COCCN1C(=O)/C(=C\c2c(Oc3ccccc3Cl)nc3c(C)cccn3c2=O)SC1=S. The van der Waals surface area contributed by atoms with E-state index in [1.54, 1.807) is 43.6 Å². The van der Waals surface area contributed by atoms with Gasteiger partial charge < -0.3 is 9.47 Å². The third-order valence-electron chi connectivity index (χ3n) is 4.76. The molecule has 7 nitrogen and oxygen atoms in total. The van der Waals surface area contributed by atoms with Crippen LogP contribution in [0, 0.1) is 6.92 Å². The average Bonchev–Trinajstić information content (AvgIpc) is 3.04. The van der Waals surface area contributed by atoms with Gasteiger partial charge in [-0.25, -0.2) is 0 Å². The lowest BCUT2D eigenvalue weighted by Crippen LogP contribution is -2.31. The van der Waals surface area contributed by atoms with Crippen molar-refractivity contribution in [2.24, 2.45) is 0 Å². The first kappa shape index (κ1) is 22.5. The molecule has 0 aliphatic carbocycles. The summed E-state index contributed by atoms with van der Waals surface area (Å²) >= 11 is 12.7. The fraction of sp³-hybridized carbons (Fsp3) is 0.182. The number of ether oxygens (including phenoxy) is 2. The molecule has 0 N–H and O–H groups in total. The molecule has 1 aromatic carbocycles. The smallest absolute Gasteiger partial charge is 0.269 e. The molecule has 4 rings (SSSR count). The Morgan fingerprint density at radius 1 is 1.22 bits per heavy atom. The maximum atomic E-state index is 13.4. The summed E-state index contributed by atoms with van der Waals surface area (Å²) in [6, 6.07) is 10.5. The number of carbonyl (C=O) groups excluding carboxylic acids is 1. The number of hydrogen-bond acceptors (Lipinski definition) is 7. The molecule has 1 fully saturated rings. The Morgan fingerprint density at radius 3 is 2.75 bits per heavy atom. The highest BCUT2D eigenvalue weighted by molar-refractivity contribution is 8.26. The lowest BCUT2D eigenvalue weighted by Gasteiger charge is -2.13. The fourth-order valence-electron chi connectivity index (χ4n) is 3.13. The van der Waals surface area contributed by atoms with Gasteiger partial charge in [-0.05, 0) is 36.8 Å². The van der Waals surface area contributed by atoms with Gasteiger partial charge in [-0.3, -0.25) is 18.9 Å². The Balaban J connectivity index is 1.86. The van der Waals surface area contributed by atoms with Crippen LogP contribution >= 0.6 is 35.6 Å². The van der Waals surface area contributed by atoms with E-state index in [0.717, 1.165) is 17.3 Å². The number of nitrogens with zero attached hydrogens (tertiary/aromatic N) is 3. The largest absolute Gasteiger partial charge is 0.437 e. The summed E-state index contributed by atoms with van der Waals surface area (Å²) in [6.07, 6.45) is 3.10. The molecule has 0 radical (unpaired) electrons. The minimum absolute atomic E-state index is 0.0551. The van der Waals surface area contributed by atoms with Crippen LogP contribution in [-0.4, -0.2) is 44.8 Å².